The van der Waals surface area contributed by atoms with Crippen molar-refractivity contribution in [2.45, 2.75) is 126 Å². The maximum atomic E-state index is 13.0. The van der Waals surface area contributed by atoms with Gasteiger partial charge in [-0.1, -0.05) is 79.2 Å². The highest BCUT2D eigenvalue weighted by atomic mass is 16.5. The van der Waals surface area contributed by atoms with Crippen LogP contribution < -0.4 is 0 Å². The highest BCUT2D eigenvalue weighted by molar-refractivity contribution is 5.87. The second-order valence-corrected chi connectivity index (χ2v) is 17.5. The minimum absolute atomic E-state index is 0.0603. The lowest BCUT2D eigenvalue weighted by Crippen LogP contribution is -2.66. The van der Waals surface area contributed by atoms with E-state index in [4.69, 9.17) is 4.74 Å². The molecule has 4 saturated carbocycles. The number of esters is 1. The number of phenols is 1. The fraction of sp³-hybridized carbons (Fsp3) is 0.718. The van der Waals surface area contributed by atoms with Gasteiger partial charge in [-0.3, -0.25) is 0 Å². The van der Waals surface area contributed by atoms with Crippen LogP contribution >= 0.6 is 0 Å². The molecule has 42 heavy (non-hydrogen) atoms. The van der Waals surface area contributed by atoms with Gasteiger partial charge in [0.15, 0.2) is 0 Å². The first-order chi connectivity index (χ1) is 19.5. The van der Waals surface area contributed by atoms with Crippen molar-refractivity contribution in [1.29, 1.82) is 0 Å². The van der Waals surface area contributed by atoms with Gasteiger partial charge < -0.3 is 9.84 Å². The second-order valence-electron chi connectivity index (χ2n) is 17.5. The summed E-state index contributed by atoms with van der Waals surface area (Å²) in [5, 5.41) is 9.54. The van der Waals surface area contributed by atoms with Gasteiger partial charge in [-0.15, -0.1) is 0 Å². The van der Waals surface area contributed by atoms with Crippen molar-refractivity contribution in [1.82, 2.24) is 0 Å². The Morgan fingerprint density at radius 2 is 1.48 bits per heavy atom. The third-order valence-electron chi connectivity index (χ3n) is 14.5. The fourth-order valence-electron chi connectivity index (χ4n) is 11.7. The number of allylic oxidation sites excluding steroid dienone is 2. The minimum Gasteiger partial charge on any atom is -0.508 e. The van der Waals surface area contributed by atoms with Gasteiger partial charge in [-0.2, -0.15) is 0 Å². The maximum absolute atomic E-state index is 13.0. The molecule has 5 aliphatic carbocycles. The van der Waals surface area contributed by atoms with Gasteiger partial charge in [0, 0.05) is 11.5 Å². The van der Waals surface area contributed by atoms with Gasteiger partial charge >= 0.3 is 5.97 Å². The summed E-state index contributed by atoms with van der Waals surface area (Å²) < 4.78 is 6.22. The highest BCUT2D eigenvalue weighted by Crippen LogP contribution is 2.76. The number of rotatable bonds is 3. The Kier molecular flexibility index (Phi) is 6.96. The van der Waals surface area contributed by atoms with E-state index in [1.54, 1.807) is 24.3 Å². The lowest BCUT2D eigenvalue weighted by molar-refractivity contribution is -0.232. The third kappa shape index (κ3) is 4.45. The molecule has 0 heterocycles. The number of benzene rings is 1. The van der Waals surface area contributed by atoms with Crippen LogP contribution in [0, 0.1) is 50.2 Å². The molecule has 0 spiro atoms. The molecule has 0 unspecified atom stereocenters. The number of fused-ring (bicyclic) bond motifs is 7. The first kappa shape index (κ1) is 30.0. The molecule has 3 heteroatoms. The monoisotopic (exact) mass is 572 g/mol. The zero-order chi connectivity index (χ0) is 30.3. The van der Waals surface area contributed by atoms with Gasteiger partial charge in [0.25, 0.3) is 0 Å². The van der Waals surface area contributed by atoms with E-state index < -0.39 is 0 Å². The van der Waals surface area contributed by atoms with E-state index in [9.17, 15) is 9.90 Å². The largest absolute Gasteiger partial charge is 0.508 e. The summed E-state index contributed by atoms with van der Waals surface area (Å²) >= 11 is 0. The first-order valence-electron chi connectivity index (χ1n) is 17.0. The summed E-state index contributed by atoms with van der Waals surface area (Å²) in [6, 6.07) is 6.89. The molecule has 0 saturated heterocycles. The third-order valence-corrected chi connectivity index (χ3v) is 14.5. The lowest BCUT2D eigenvalue weighted by atomic mass is 9.32. The molecule has 1 N–H and O–H groups in total. The maximum Gasteiger partial charge on any atom is 0.331 e. The van der Waals surface area contributed by atoms with Crippen LogP contribution in [0.5, 0.6) is 5.75 Å². The van der Waals surface area contributed by atoms with Crippen molar-refractivity contribution in [2.75, 3.05) is 0 Å². The summed E-state index contributed by atoms with van der Waals surface area (Å²) in [5.41, 5.74) is 4.36. The quantitative estimate of drug-likeness (QED) is 0.223. The highest BCUT2D eigenvalue weighted by Gasteiger charge is 2.69. The number of hydrogen-bond donors (Lipinski definition) is 1. The molecule has 1 aromatic carbocycles. The van der Waals surface area contributed by atoms with Crippen molar-refractivity contribution >= 4 is 12.0 Å². The van der Waals surface area contributed by atoms with Crippen molar-refractivity contribution < 1.29 is 14.6 Å². The Bertz CT molecular complexity index is 1280. The number of ether oxygens (including phenoxy) is 1. The molecule has 6 rings (SSSR count). The number of hydrogen-bond acceptors (Lipinski definition) is 3. The topological polar surface area (TPSA) is 46.5 Å². The van der Waals surface area contributed by atoms with Crippen LogP contribution in [0.3, 0.4) is 0 Å². The Morgan fingerprint density at radius 3 is 2.19 bits per heavy atom. The average molecular weight is 573 g/mol. The Hall–Kier alpha value is -2.03. The SMILES string of the molecule is CC1(C)C=C2[C@H]3CC[C@@H]4[C@@]5(C)CC[C@H](OC(=O)C=Cc6ccc(O)cc6)C(C)(C)[C@@H]5CC[C@@]4(C)[C@]3(C)CC[C@@]2(C)CC1. The summed E-state index contributed by atoms with van der Waals surface area (Å²) in [6.07, 6.45) is 18.7. The smallest absolute Gasteiger partial charge is 0.331 e. The van der Waals surface area contributed by atoms with E-state index in [0.29, 0.717) is 27.6 Å². The van der Waals surface area contributed by atoms with Gasteiger partial charge in [0.05, 0.1) is 0 Å². The predicted molar refractivity (Wildman–Crippen MR) is 172 cm³/mol. The predicted octanol–water partition coefficient (Wildman–Crippen LogP) is 10.1. The van der Waals surface area contributed by atoms with E-state index in [-0.39, 0.29) is 28.7 Å². The Labute approximate surface area is 255 Å². The molecule has 0 aliphatic heterocycles. The lowest BCUT2D eigenvalue weighted by Gasteiger charge is -2.72. The van der Waals surface area contributed by atoms with Crippen LogP contribution in [0.25, 0.3) is 6.08 Å². The normalized spacial score (nSPS) is 43.8. The molecule has 0 bridgehead atoms. The van der Waals surface area contributed by atoms with Crippen LogP contribution in [-0.4, -0.2) is 17.2 Å². The van der Waals surface area contributed by atoms with E-state index in [2.05, 4.69) is 61.5 Å². The molecular formula is C39H56O3. The molecule has 4 fully saturated rings. The summed E-state index contributed by atoms with van der Waals surface area (Å²) in [7, 11) is 0. The zero-order valence-electron chi connectivity index (χ0n) is 27.7. The van der Waals surface area contributed by atoms with Crippen LogP contribution in [0.15, 0.2) is 42.0 Å². The van der Waals surface area contributed by atoms with Crippen molar-refractivity contribution in [3.05, 3.63) is 47.6 Å². The molecular weight excluding hydrogens is 516 g/mol. The van der Waals surface area contributed by atoms with Crippen molar-refractivity contribution in [2.24, 2.45) is 50.2 Å². The molecule has 5 aliphatic rings. The number of carbonyl (C=O) groups excluding carboxylic acids is 1. The van der Waals surface area contributed by atoms with Crippen molar-refractivity contribution in [3.63, 3.8) is 0 Å². The first-order valence-corrected chi connectivity index (χ1v) is 17.0. The van der Waals surface area contributed by atoms with Gasteiger partial charge in [-0.05, 0) is 133 Å². The molecule has 0 radical (unpaired) electrons. The van der Waals surface area contributed by atoms with Crippen LogP contribution in [-0.2, 0) is 9.53 Å². The average Bonchev–Trinajstić information content (AvgIpc) is 2.91. The fourth-order valence-corrected chi connectivity index (χ4v) is 11.7. The molecule has 0 amide bonds. The minimum atomic E-state index is -0.257. The number of carbonyl (C=O) groups is 1. The van der Waals surface area contributed by atoms with E-state index in [0.717, 1.165) is 30.2 Å². The standard InChI is InChI=1S/C39H56O3/c1-34(2)21-22-36(5)23-24-38(7)28(29(36)25-34)14-15-31-37(6)19-18-32(35(3,4)30(37)17-20-39(31,38)8)42-33(41)16-11-26-9-12-27(40)13-10-26/h9-13,16,25,28,30-32,40H,14-15,17-24H2,1-8H3/t28-,30+,31-,32+,36-,37+,38-,39-/m1/s1. The van der Waals surface area contributed by atoms with Gasteiger partial charge in [0.1, 0.15) is 11.9 Å². The second kappa shape index (κ2) is 9.73. The number of phenolic OH excluding ortho intramolecular Hbond substituents is 1. The van der Waals surface area contributed by atoms with Gasteiger partial charge in [0.2, 0.25) is 0 Å². The molecule has 230 valence electrons. The van der Waals surface area contributed by atoms with Crippen molar-refractivity contribution in [3.8, 4) is 5.75 Å². The van der Waals surface area contributed by atoms with E-state index in [1.807, 2.05) is 17.7 Å². The summed E-state index contributed by atoms with van der Waals surface area (Å²) in [5.74, 6) is 1.97. The van der Waals surface area contributed by atoms with E-state index in [1.165, 1.54) is 51.4 Å². The Morgan fingerprint density at radius 1 is 0.786 bits per heavy atom. The molecule has 8 atom stereocenters. The molecule has 0 aromatic heterocycles. The van der Waals surface area contributed by atoms with Crippen LogP contribution in [0.1, 0.15) is 125 Å². The Balaban J connectivity index is 1.23. The zero-order valence-corrected chi connectivity index (χ0v) is 27.7. The van der Waals surface area contributed by atoms with Crippen LogP contribution in [0.2, 0.25) is 0 Å². The number of aromatic hydroxyl groups is 1. The van der Waals surface area contributed by atoms with Gasteiger partial charge in [-0.25, -0.2) is 4.79 Å². The molecule has 3 nitrogen and oxygen atoms in total. The van der Waals surface area contributed by atoms with E-state index >= 15 is 0 Å². The summed E-state index contributed by atoms with van der Waals surface area (Å²) in [4.78, 5) is 13.0. The molecule has 1 aromatic rings. The van der Waals surface area contributed by atoms with Crippen LogP contribution in [0.4, 0.5) is 0 Å². The summed E-state index contributed by atoms with van der Waals surface area (Å²) in [6.45, 7) is 20.3.